The van der Waals surface area contributed by atoms with Crippen molar-refractivity contribution in [3.8, 4) is 0 Å². The maximum atomic E-state index is 12.1. The van der Waals surface area contributed by atoms with E-state index in [1.807, 2.05) is 0 Å². The van der Waals surface area contributed by atoms with Crippen LogP contribution in [0.15, 0.2) is 11.4 Å². The maximum Gasteiger partial charge on any atom is 0.390 e. The number of aromatic nitrogens is 2. The number of aryl methyl sites for hydroxylation is 1. The Morgan fingerprint density at radius 2 is 2.24 bits per heavy atom. The molecule has 1 aromatic rings. The monoisotopic (exact) mass is 268 g/mol. The number of imidazole rings is 1. The van der Waals surface area contributed by atoms with E-state index in [4.69, 9.17) is 5.11 Å². The van der Waals surface area contributed by atoms with Gasteiger partial charge in [-0.15, -0.1) is 0 Å². The van der Waals surface area contributed by atoms with E-state index in [9.17, 15) is 18.0 Å². The van der Waals surface area contributed by atoms with Gasteiger partial charge >= 0.3 is 12.1 Å². The minimum atomic E-state index is -4.23. The summed E-state index contributed by atoms with van der Waals surface area (Å²) < 4.78 is 37.6. The molecule has 8 heteroatoms. The summed E-state index contributed by atoms with van der Waals surface area (Å²) in [6.45, 7) is 1.39. The van der Waals surface area contributed by atoms with Crippen molar-refractivity contribution in [2.75, 3.05) is 5.75 Å². The lowest BCUT2D eigenvalue weighted by atomic mass is 10.4. The van der Waals surface area contributed by atoms with Crippen LogP contribution in [-0.4, -0.2) is 32.6 Å². The number of rotatable bonds is 5. The number of alkyl halides is 3. The fourth-order valence-electron chi connectivity index (χ4n) is 1.19. The number of halogens is 3. The molecule has 0 saturated heterocycles. The minimum absolute atomic E-state index is 0.220. The summed E-state index contributed by atoms with van der Waals surface area (Å²) in [5.41, 5.74) is 0.585. The minimum Gasteiger partial charge on any atom is -0.481 e. The average molecular weight is 268 g/mol. The van der Waals surface area contributed by atoms with Crippen LogP contribution in [0.25, 0.3) is 0 Å². The summed E-state index contributed by atoms with van der Waals surface area (Å²) in [6, 6.07) is 0. The van der Waals surface area contributed by atoms with Gasteiger partial charge < -0.3 is 9.67 Å². The van der Waals surface area contributed by atoms with E-state index >= 15 is 0 Å². The molecule has 17 heavy (non-hydrogen) atoms. The third kappa shape index (κ3) is 4.68. The van der Waals surface area contributed by atoms with Gasteiger partial charge in [-0.05, 0) is 6.92 Å². The highest BCUT2D eigenvalue weighted by molar-refractivity contribution is 7.99. The molecular weight excluding hydrogens is 257 g/mol. The largest absolute Gasteiger partial charge is 0.481 e. The lowest BCUT2D eigenvalue weighted by Crippen LogP contribution is -2.14. The Kier molecular flexibility index (Phi) is 4.44. The van der Waals surface area contributed by atoms with Gasteiger partial charge in [0.2, 0.25) is 0 Å². The van der Waals surface area contributed by atoms with Gasteiger partial charge in [0, 0.05) is 18.4 Å². The summed E-state index contributed by atoms with van der Waals surface area (Å²) in [6.07, 6.45) is -3.75. The molecule has 1 rings (SSSR count). The van der Waals surface area contributed by atoms with E-state index in [0.717, 1.165) is 11.8 Å². The summed E-state index contributed by atoms with van der Waals surface area (Å²) in [5.74, 6) is -1.25. The van der Waals surface area contributed by atoms with Gasteiger partial charge in [-0.1, -0.05) is 11.8 Å². The van der Waals surface area contributed by atoms with Crippen LogP contribution in [0.4, 0.5) is 13.2 Å². The van der Waals surface area contributed by atoms with E-state index in [-0.39, 0.29) is 12.3 Å². The molecule has 96 valence electrons. The summed E-state index contributed by atoms with van der Waals surface area (Å²) in [5, 5.41) is 8.79. The number of aliphatic carboxylic acids is 1. The number of thioether (sulfide) groups is 1. The molecule has 0 radical (unpaired) electrons. The zero-order chi connectivity index (χ0) is 13.1. The van der Waals surface area contributed by atoms with E-state index in [1.54, 1.807) is 6.92 Å². The Labute approximate surface area is 99.8 Å². The van der Waals surface area contributed by atoms with Gasteiger partial charge in [0.1, 0.15) is 0 Å². The van der Waals surface area contributed by atoms with E-state index in [2.05, 4.69) is 4.98 Å². The lowest BCUT2D eigenvalue weighted by Gasteiger charge is -2.11. The van der Waals surface area contributed by atoms with Crippen LogP contribution >= 0.6 is 11.8 Å². The third-order valence-corrected chi connectivity index (χ3v) is 2.94. The SMILES string of the molecule is Cc1cnc(SCC(=O)O)n1CCC(F)(F)F. The molecule has 1 N–H and O–H groups in total. The van der Waals surface area contributed by atoms with Crippen molar-refractivity contribution in [1.82, 2.24) is 9.55 Å². The van der Waals surface area contributed by atoms with Crippen molar-refractivity contribution in [2.24, 2.45) is 0 Å². The smallest absolute Gasteiger partial charge is 0.390 e. The Morgan fingerprint density at radius 3 is 2.76 bits per heavy atom. The van der Waals surface area contributed by atoms with Gasteiger partial charge in [0.15, 0.2) is 5.16 Å². The maximum absolute atomic E-state index is 12.1. The molecule has 0 aromatic carbocycles. The average Bonchev–Trinajstić information content (AvgIpc) is 2.52. The molecule has 0 spiro atoms. The summed E-state index contributed by atoms with van der Waals surface area (Å²) in [7, 11) is 0. The Bertz CT molecular complexity index is 403. The number of hydrogen-bond acceptors (Lipinski definition) is 3. The van der Waals surface area contributed by atoms with Gasteiger partial charge in [0.05, 0.1) is 12.2 Å². The fourth-order valence-corrected chi connectivity index (χ4v) is 1.96. The highest BCUT2D eigenvalue weighted by Crippen LogP contribution is 2.24. The highest BCUT2D eigenvalue weighted by atomic mass is 32.2. The van der Waals surface area contributed by atoms with Crippen LogP contribution in [-0.2, 0) is 11.3 Å². The molecule has 0 aliphatic heterocycles. The van der Waals surface area contributed by atoms with Gasteiger partial charge in [-0.2, -0.15) is 13.2 Å². The zero-order valence-corrected chi connectivity index (χ0v) is 9.81. The number of carbonyl (C=O) groups is 1. The third-order valence-electron chi connectivity index (χ3n) is 1.96. The van der Waals surface area contributed by atoms with Crippen molar-refractivity contribution in [2.45, 2.75) is 31.2 Å². The van der Waals surface area contributed by atoms with Gasteiger partial charge in [-0.3, -0.25) is 4.79 Å². The molecular formula is C9H11F3N2O2S. The second-order valence-corrected chi connectivity index (χ2v) is 4.32. The van der Waals surface area contributed by atoms with Crippen LogP contribution < -0.4 is 0 Å². The van der Waals surface area contributed by atoms with E-state index in [1.165, 1.54) is 10.8 Å². The number of carboxylic acid groups (broad SMARTS) is 1. The first kappa shape index (κ1) is 13.9. The molecule has 0 amide bonds. The standard InChI is InChI=1S/C9H11F3N2O2S/c1-6-4-13-8(17-5-7(15)16)14(6)3-2-9(10,11)12/h4H,2-3,5H2,1H3,(H,15,16). The van der Waals surface area contributed by atoms with Gasteiger partial charge in [-0.25, -0.2) is 4.98 Å². The van der Waals surface area contributed by atoms with Crippen LogP contribution in [0.3, 0.4) is 0 Å². The molecule has 0 fully saturated rings. The Balaban J connectivity index is 2.69. The number of hydrogen-bond donors (Lipinski definition) is 1. The van der Waals surface area contributed by atoms with Crippen LogP contribution in [0.2, 0.25) is 0 Å². The zero-order valence-electron chi connectivity index (χ0n) is 8.99. The fraction of sp³-hybridized carbons (Fsp3) is 0.556. The normalized spacial score (nSPS) is 11.8. The Hall–Kier alpha value is -1.18. The van der Waals surface area contributed by atoms with E-state index in [0.29, 0.717) is 10.9 Å². The van der Waals surface area contributed by atoms with Crippen LogP contribution in [0.1, 0.15) is 12.1 Å². The molecule has 0 unspecified atom stereocenters. The lowest BCUT2D eigenvalue weighted by molar-refractivity contribution is -0.137. The topological polar surface area (TPSA) is 55.1 Å². The molecule has 0 aliphatic rings. The number of nitrogens with zero attached hydrogens (tertiary/aromatic N) is 2. The van der Waals surface area contributed by atoms with E-state index < -0.39 is 18.6 Å². The van der Waals surface area contributed by atoms with Crippen molar-refractivity contribution in [1.29, 1.82) is 0 Å². The quantitative estimate of drug-likeness (QED) is 0.833. The molecule has 0 atom stereocenters. The number of carboxylic acids is 1. The highest BCUT2D eigenvalue weighted by Gasteiger charge is 2.27. The first-order valence-electron chi connectivity index (χ1n) is 4.73. The van der Waals surface area contributed by atoms with Crippen molar-refractivity contribution >= 4 is 17.7 Å². The van der Waals surface area contributed by atoms with Gasteiger partial charge in [0.25, 0.3) is 0 Å². The van der Waals surface area contributed by atoms with Crippen LogP contribution in [0, 0.1) is 6.92 Å². The molecule has 0 saturated carbocycles. The molecule has 0 bridgehead atoms. The Morgan fingerprint density at radius 1 is 1.59 bits per heavy atom. The predicted octanol–water partition coefficient (Wildman–Crippen LogP) is 2.32. The predicted molar refractivity (Wildman–Crippen MR) is 56.0 cm³/mol. The molecule has 4 nitrogen and oxygen atoms in total. The van der Waals surface area contributed by atoms with Crippen molar-refractivity contribution < 1.29 is 23.1 Å². The summed E-state index contributed by atoms with van der Waals surface area (Å²) >= 11 is 0.912. The van der Waals surface area contributed by atoms with Crippen LogP contribution in [0.5, 0.6) is 0 Å². The molecule has 1 heterocycles. The van der Waals surface area contributed by atoms with Crippen molar-refractivity contribution in [3.05, 3.63) is 11.9 Å². The first-order chi connectivity index (χ1) is 7.79. The second-order valence-electron chi connectivity index (χ2n) is 3.38. The molecule has 0 aliphatic carbocycles. The molecule has 1 aromatic heterocycles. The second kappa shape index (κ2) is 5.44. The van der Waals surface area contributed by atoms with Crippen molar-refractivity contribution in [3.63, 3.8) is 0 Å². The first-order valence-corrected chi connectivity index (χ1v) is 5.71. The summed E-state index contributed by atoms with van der Waals surface area (Å²) in [4.78, 5) is 14.3.